The molecule has 3 heteroatoms. The third kappa shape index (κ3) is 3.39. The topological polar surface area (TPSA) is 36.7 Å². The molecule has 0 saturated heterocycles. The first kappa shape index (κ1) is 11.1. The normalized spacial score (nSPS) is 12.1. The molecule has 1 rings (SSSR count). The van der Waals surface area contributed by atoms with Crippen molar-refractivity contribution in [1.82, 2.24) is 4.98 Å². The van der Waals surface area contributed by atoms with Crippen molar-refractivity contribution >= 4 is 11.8 Å². The highest BCUT2D eigenvalue weighted by molar-refractivity contribution is 7.99. The van der Waals surface area contributed by atoms with E-state index in [1.165, 1.54) is 6.42 Å². The fourth-order valence-corrected chi connectivity index (χ4v) is 1.93. The summed E-state index contributed by atoms with van der Waals surface area (Å²) in [5.74, 6) is 1.77. The lowest BCUT2D eigenvalue weighted by atomic mass is 10.2. The van der Waals surface area contributed by atoms with Crippen LogP contribution in [0.15, 0.2) is 23.2 Å². The number of hydrogen-bond donors (Lipinski definition) is 0. The van der Waals surface area contributed by atoms with E-state index in [0.29, 0.717) is 11.6 Å². The van der Waals surface area contributed by atoms with Crippen LogP contribution in [0, 0.1) is 17.2 Å². The summed E-state index contributed by atoms with van der Waals surface area (Å²) in [4.78, 5) is 4.20. The van der Waals surface area contributed by atoms with Crippen molar-refractivity contribution in [1.29, 1.82) is 5.26 Å². The van der Waals surface area contributed by atoms with Crippen molar-refractivity contribution in [3.05, 3.63) is 23.9 Å². The van der Waals surface area contributed by atoms with Gasteiger partial charge in [-0.05, 0) is 18.1 Å². The van der Waals surface area contributed by atoms with Gasteiger partial charge in [-0.25, -0.2) is 4.98 Å². The Kier molecular flexibility index (Phi) is 4.48. The molecule has 0 aliphatic carbocycles. The summed E-state index contributed by atoms with van der Waals surface area (Å²) in [6.45, 7) is 4.41. The molecule has 74 valence electrons. The van der Waals surface area contributed by atoms with E-state index in [-0.39, 0.29) is 0 Å². The second-order valence-electron chi connectivity index (χ2n) is 3.30. The standard InChI is InChI=1S/C11H14N2S/c1-3-9(2)8-14-11-6-4-5-10(7-12)13-11/h4-6,9H,3,8H2,1-2H3. The third-order valence-corrected chi connectivity index (χ3v) is 3.31. The van der Waals surface area contributed by atoms with Gasteiger partial charge in [-0.3, -0.25) is 0 Å². The van der Waals surface area contributed by atoms with Gasteiger partial charge in [-0.1, -0.05) is 26.3 Å². The summed E-state index contributed by atoms with van der Waals surface area (Å²) < 4.78 is 0. The fourth-order valence-electron chi connectivity index (χ4n) is 0.903. The summed E-state index contributed by atoms with van der Waals surface area (Å²) in [5, 5.41) is 9.61. The van der Waals surface area contributed by atoms with Crippen LogP contribution in [0.3, 0.4) is 0 Å². The molecular weight excluding hydrogens is 192 g/mol. The Labute approximate surface area is 89.4 Å². The van der Waals surface area contributed by atoms with Crippen LogP contribution >= 0.6 is 11.8 Å². The molecule has 14 heavy (non-hydrogen) atoms. The molecule has 0 amide bonds. The third-order valence-electron chi connectivity index (χ3n) is 2.05. The summed E-state index contributed by atoms with van der Waals surface area (Å²) in [6, 6.07) is 7.61. The first-order valence-electron chi connectivity index (χ1n) is 4.76. The van der Waals surface area contributed by atoms with Gasteiger partial charge < -0.3 is 0 Å². The van der Waals surface area contributed by atoms with Crippen LogP contribution in [0.4, 0.5) is 0 Å². The molecular formula is C11H14N2S. The number of hydrogen-bond acceptors (Lipinski definition) is 3. The molecule has 1 aromatic rings. The highest BCUT2D eigenvalue weighted by Gasteiger charge is 2.02. The van der Waals surface area contributed by atoms with Gasteiger partial charge >= 0.3 is 0 Å². The van der Waals surface area contributed by atoms with Crippen LogP contribution in [0.2, 0.25) is 0 Å². The van der Waals surface area contributed by atoms with Crippen LogP contribution in [0.1, 0.15) is 26.0 Å². The molecule has 0 N–H and O–H groups in total. The minimum atomic E-state index is 0.499. The molecule has 0 saturated carbocycles. The Balaban J connectivity index is 2.55. The maximum Gasteiger partial charge on any atom is 0.141 e. The number of pyridine rings is 1. The summed E-state index contributed by atoms with van der Waals surface area (Å²) in [6.07, 6.45) is 1.19. The summed E-state index contributed by atoms with van der Waals surface area (Å²) in [5.41, 5.74) is 0.499. The number of nitriles is 1. The Morgan fingerprint density at radius 3 is 3.00 bits per heavy atom. The maximum absolute atomic E-state index is 8.66. The molecule has 0 bridgehead atoms. The smallest absolute Gasteiger partial charge is 0.141 e. The molecule has 1 unspecified atom stereocenters. The molecule has 1 heterocycles. The predicted octanol–water partition coefficient (Wildman–Crippen LogP) is 3.09. The first-order chi connectivity index (χ1) is 6.76. The zero-order chi connectivity index (χ0) is 10.4. The van der Waals surface area contributed by atoms with Gasteiger partial charge in [0, 0.05) is 5.75 Å². The second kappa shape index (κ2) is 5.66. The lowest BCUT2D eigenvalue weighted by Gasteiger charge is -2.06. The monoisotopic (exact) mass is 206 g/mol. The van der Waals surface area contributed by atoms with Gasteiger partial charge in [0.2, 0.25) is 0 Å². The molecule has 2 nitrogen and oxygen atoms in total. The first-order valence-corrected chi connectivity index (χ1v) is 5.74. The van der Waals surface area contributed by atoms with E-state index in [9.17, 15) is 0 Å². The predicted molar refractivity (Wildman–Crippen MR) is 59.1 cm³/mol. The molecule has 0 aromatic carbocycles. The van der Waals surface area contributed by atoms with Gasteiger partial charge in [-0.2, -0.15) is 5.26 Å². The molecule has 0 aliphatic rings. The highest BCUT2D eigenvalue weighted by atomic mass is 32.2. The minimum Gasteiger partial charge on any atom is -0.231 e. The molecule has 0 radical (unpaired) electrons. The van der Waals surface area contributed by atoms with Crippen LogP contribution in [-0.4, -0.2) is 10.7 Å². The number of rotatable bonds is 4. The molecule has 1 aromatic heterocycles. The quantitative estimate of drug-likeness (QED) is 0.710. The van der Waals surface area contributed by atoms with E-state index in [1.54, 1.807) is 17.8 Å². The van der Waals surface area contributed by atoms with Crippen molar-refractivity contribution in [3.8, 4) is 6.07 Å². The summed E-state index contributed by atoms with van der Waals surface area (Å²) in [7, 11) is 0. The van der Waals surface area contributed by atoms with E-state index in [4.69, 9.17) is 5.26 Å². The minimum absolute atomic E-state index is 0.499. The lowest BCUT2D eigenvalue weighted by molar-refractivity contribution is 0.636. The molecule has 1 atom stereocenters. The van der Waals surface area contributed by atoms with Crippen LogP contribution in [0.25, 0.3) is 0 Å². The zero-order valence-corrected chi connectivity index (χ0v) is 9.34. The van der Waals surface area contributed by atoms with Crippen LogP contribution < -0.4 is 0 Å². The summed E-state index contributed by atoms with van der Waals surface area (Å²) >= 11 is 1.72. The van der Waals surface area contributed by atoms with Crippen molar-refractivity contribution in [3.63, 3.8) is 0 Å². The van der Waals surface area contributed by atoms with E-state index in [2.05, 4.69) is 18.8 Å². The van der Waals surface area contributed by atoms with Gasteiger partial charge in [0.25, 0.3) is 0 Å². The van der Waals surface area contributed by atoms with Gasteiger partial charge in [0.1, 0.15) is 11.8 Å². The van der Waals surface area contributed by atoms with Crippen molar-refractivity contribution in [2.75, 3.05) is 5.75 Å². The maximum atomic E-state index is 8.66. The van der Waals surface area contributed by atoms with E-state index in [1.807, 2.05) is 18.2 Å². The lowest BCUT2D eigenvalue weighted by Crippen LogP contribution is -1.96. The SMILES string of the molecule is CCC(C)CSc1cccc(C#N)n1. The Bertz CT molecular complexity index is 330. The Morgan fingerprint density at radius 2 is 2.36 bits per heavy atom. The molecule has 0 fully saturated rings. The highest BCUT2D eigenvalue weighted by Crippen LogP contribution is 2.19. The van der Waals surface area contributed by atoms with Crippen molar-refractivity contribution < 1.29 is 0 Å². The zero-order valence-electron chi connectivity index (χ0n) is 8.53. The average Bonchev–Trinajstić information content (AvgIpc) is 2.26. The van der Waals surface area contributed by atoms with Crippen LogP contribution in [-0.2, 0) is 0 Å². The fraction of sp³-hybridized carbons (Fsp3) is 0.455. The molecule has 0 spiro atoms. The average molecular weight is 206 g/mol. The van der Waals surface area contributed by atoms with Crippen molar-refractivity contribution in [2.45, 2.75) is 25.3 Å². The second-order valence-corrected chi connectivity index (χ2v) is 4.34. The van der Waals surface area contributed by atoms with Gasteiger partial charge in [0.15, 0.2) is 0 Å². The van der Waals surface area contributed by atoms with E-state index < -0.39 is 0 Å². The van der Waals surface area contributed by atoms with Gasteiger partial charge in [0.05, 0.1) is 5.03 Å². The number of nitrogens with zero attached hydrogens (tertiary/aromatic N) is 2. The Hall–Kier alpha value is -1.01. The van der Waals surface area contributed by atoms with E-state index >= 15 is 0 Å². The van der Waals surface area contributed by atoms with Crippen LogP contribution in [0.5, 0.6) is 0 Å². The number of thioether (sulfide) groups is 1. The Morgan fingerprint density at radius 1 is 1.57 bits per heavy atom. The van der Waals surface area contributed by atoms with Crippen molar-refractivity contribution in [2.24, 2.45) is 5.92 Å². The largest absolute Gasteiger partial charge is 0.231 e. The molecule has 0 aliphatic heterocycles. The number of aromatic nitrogens is 1. The van der Waals surface area contributed by atoms with E-state index in [0.717, 1.165) is 10.8 Å². The van der Waals surface area contributed by atoms with Gasteiger partial charge in [-0.15, -0.1) is 11.8 Å².